The van der Waals surface area contributed by atoms with Gasteiger partial charge in [0, 0.05) is 0 Å². The van der Waals surface area contributed by atoms with Crippen LogP contribution in [0.5, 0.6) is 0 Å². The first-order valence-electron chi connectivity index (χ1n) is 8.65. The van der Waals surface area contributed by atoms with Crippen LogP contribution in [0.2, 0.25) is 0 Å². The third kappa shape index (κ3) is 5.91. The fourth-order valence-electron chi connectivity index (χ4n) is 3.29. The molecule has 1 aliphatic heterocycles. The van der Waals surface area contributed by atoms with E-state index in [4.69, 9.17) is 12.6 Å². The molecular weight excluding hydrogens is 490 g/mol. The number of nitrogens with one attached hydrogen (secondary N) is 2. The van der Waals surface area contributed by atoms with Gasteiger partial charge in [0.1, 0.15) is 20.5 Å². The molecule has 2 heterocycles. The predicted octanol–water partition coefficient (Wildman–Crippen LogP) is -3.40. The van der Waals surface area contributed by atoms with E-state index in [0.717, 1.165) is 11.3 Å². The normalized spacial score (nSPS) is 11.3. The second kappa shape index (κ2) is 10.8. The van der Waals surface area contributed by atoms with Gasteiger partial charge in [-0.25, -0.2) is 8.42 Å². The molecule has 5 rings (SSSR count). The van der Waals surface area contributed by atoms with Crippen LogP contribution in [0.25, 0.3) is 22.1 Å². The zero-order valence-corrected chi connectivity index (χ0v) is 23.3. The van der Waals surface area contributed by atoms with Crippen LogP contribution in [-0.4, -0.2) is 35.6 Å². The Morgan fingerprint density at radius 3 is 2.27 bits per heavy atom. The topological polar surface area (TPSA) is 158 Å². The molecule has 0 saturated heterocycles. The van der Waals surface area contributed by atoms with Crippen LogP contribution in [0.15, 0.2) is 47.4 Å². The second-order valence-corrected chi connectivity index (χ2v) is 8.32. The minimum absolute atomic E-state index is 0. The molecule has 14 heteroatoms. The number of nitrogens with zero attached hydrogens (tertiary/aromatic N) is 2. The Bertz CT molecular complexity index is 1590. The number of aryl methyl sites for hydroxylation is 1. The van der Waals surface area contributed by atoms with E-state index in [1.165, 1.54) is 0 Å². The van der Waals surface area contributed by atoms with Crippen LogP contribution in [0, 0.1) is 13.0 Å². The van der Waals surface area contributed by atoms with Gasteiger partial charge in [-0.05, 0) is 41.7 Å². The van der Waals surface area contributed by atoms with Crippen molar-refractivity contribution in [2.24, 2.45) is 0 Å². The summed E-state index contributed by atoms with van der Waals surface area (Å²) in [7, 11) is -7.93. The third-order valence-corrected chi connectivity index (χ3v) is 5.38. The molecule has 0 fully saturated rings. The summed E-state index contributed by atoms with van der Waals surface area (Å²) < 4.78 is 61.7. The summed E-state index contributed by atoms with van der Waals surface area (Å²) in [5.41, 5.74) is 4.55. The van der Waals surface area contributed by atoms with Gasteiger partial charge in [-0.2, -0.15) is 12.1 Å². The van der Waals surface area contributed by atoms with Crippen molar-refractivity contribution in [1.29, 1.82) is 0 Å². The van der Waals surface area contributed by atoms with Crippen LogP contribution < -0.4 is 69.7 Å². The number of hydrogen-bond acceptors (Lipinski definition) is 10. The maximum absolute atomic E-state index is 12.1. The SMILES string of the molecule is Cc1ccc2c(c1)Nc1c(cc3nc4c[c-]ccc4nc3c1S(=O)(=O)[O-])N2.O=S(=O)=O.[Na+].[Na+]. The molecule has 0 amide bonds. The quantitative estimate of drug-likeness (QED) is 0.102. The Balaban J connectivity index is 0.000000597. The van der Waals surface area contributed by atoms with Crippen molar-refractivity contribution in [3.8, 4) is 0 Å². The molecule has 2 N–H and O–H groups in total. The van der Waals surface area contributed by atoms with Crippen molar-refractivity contribution in [2.45, 2.75) is 11.8 Å². The zero-order valence-electron chi connectivity index (χ0n) is 17.7. The van der Waals surface area contributed by atoms with E-state index in [0.29, 0.717) is 27.9 Å². The summed E-state index contributed by atoms with van der Waals surface area (Å²) in [5.74, 6) is 0. The number of anilines is 4. The first-order valence-corrected chi connectivity index (χ1v) is 11.1. The van der Waals surface area contributed by atoms with Crippen molar-refractivity contribution >= 4 is 65.5 Å². The molecule has 0 aliphatic carbocycles. The van der Waals surface area contributed by atoms with Crippen LogP contribution in [0.4, 0.5) is 22.7 Å². The first kappa shape index (κ1) is 27.6. The van der Waals surface area contributed by atoms with Crippen molar-refractivity contribution < 1.29 is 84.7 Å². The summed E-state index contributed by atoms with van der Waals surface area (Å²) in [4.78, 5) is 8.46. The number of fused-ring (bicyclic) bond motifs is 4. The molecule has 4 aromatic rings. The van der Waals surface area contributed by atoms with E-state index in [9.17, 15) is 13.0 Å². The molecule has 1 aromatic heterocycles. The van der Waals surface area contributed by atoms with Gasteiger partial charge in [-0.15, -0.1) is 24.8 Å². The van der Waals surface area contributed by atoms with E-state index >= 15 is 0 Å². The molecule has 33 heavy (non-hydrogen) atoms. The minimum atomic E-state index is -4.81. The molecule has 3 aromatic carbocycles. The summed E-state index contributed by atoms with van der Waals surface area (Å²) in [5, 5.41) is 6.26. The maximum atomic E-state index is 12.1. The molecule has 0 spiro atoms. The van der Waals surface area contributed by atoms with Crippen LogP contribution in [0.3, 0.4) is 0 Å². The minimum Gasteiger partial charge on any atom is -0.744 e. The number of aromatic nitrogens is 2. The van der Waals surface area contributed by atoms with Crippen LogP contribution in [0.1, 0.15) is 5.56 Å². The first-order chi connectivity index (χ1) is 14.6. The van der Waals surface area contributed by atoms with Gasteiger partial charge < -0.3 is 20.2 Å². The number of rotatable bonds is 1. The zero-order chi connectivity index (χ0) is 22.3. The van der Waals surface area contributed by atoms with E-state index < -0.39 is 25.6 Å². The van der Waals surface area contributed by atoms with Crippen molar-refractivity contribution in [2.75, 3.05) is 10.6 Å². The number of benzene rings is 3. The summed E-state index contributed by atoms with van der Waals surface area (Å²) in [6.07, 6.45) is 0. The van der Waals surface area contributed by atoms with E-state index in [1.54, 1.807) is 24.3 Å². The van der Waals surface area contributed by atoms with Gasteiger partial charge in [0.25, 0.3) is 0 Å². The molecule has 0 unspecified atom stereocenters. The average Bonchev–Trinajstić information content (AvgIpc) is 2.67. The van der Waals surface area contributed by atoms with Gasteiger partial charge in [0.2, 0.25) is 0 Å². The maximum Gasteiger partial charge on any atom is 1.00 e. The van der Waals surface area contributed by atoms with Crippen LogP contribution in [-0.2, 0) is 20.7 Å². The Labute approximate surface area is 234 Å². The van der Waals surface area contributed by atoms with Crippen LogP contribution >= 0.6 is 0 Å². The van der Waals surface area contributed by atoms with Crippen molar-refractivity contribution in [3.63, 3.8) is 0 Å². The fraction of sp³-hybridized carbons (Fsp3) is 0.0526. The Kier molecular flexibility index (Phi) is 9.01. The molecule has 1 aliphatic rings. The molecule has 158 valence electrons. The van der Waals surface area contributed by atoms with Gasteiger partial charge in [-0.1, -0.05) is 6.07 Å². The third-order valence-electron chi connectivity index (χ3n) is 4.48. The molecule has 0 atom stereocenters. The average molecular weight is 502 g/mol. The summed E-state index contributed by atoms with van der Waals surface area (Å²) in [6, 6.07) is 15.3. The molecular formula is C19H12N4Na2O6S2. The summed E-state index contributed by atoms with van der Waals surface area (Å²) in [6.45, 7) is 1.93. The Morgan fingerprint density at radius 2 is 1.61 bits per heavy atom. The standard InChI is InChI=1S/C19H13N4O3S.2Na.O3S/c1-10-6-7-13-14(8-10)23-18-16(21-13)9-15-17(19(18)27(24,25)26)22-12-5-3-2-4-11(12)20-15;;;1-4(2)3/h3-9,21,23H,1H3,(H,24,25,26);;;/q-1;2*+1;/p-1. The van der Waals surface area contributed by atoms with Crippen molar-refractivity contribution in [1.82, 2.24) is 9.97 Å². The largest absolute Gasteiger partial charge is 1.00 e. The second-order valence-electron chi connectivity index (χ2n) is 6.59. The molecule has 0 bridgehead atoms. The Morgan fingerprint density at radius 1 is 0.909 bits per heavy atom. The summed E-state index contributed by atoms with van der Waals surface area (Å²) >= 11 is 0. The van der Waals surface area contributed by atoms with E-state index in [-0.39, 0.29) is 70.3 Å². The molecule has 10 nitrogen and oxygen atoms in total. The smallest absolute Gasteiger partial charge is 0.744 e. The van der Waals surface area contributed by atoms with Gasteiger partial charge in [0.05, 0.1) is 28.3 Å². The van der Waals surface area contributed by atoms with Crippen molar-refractivity contribution in [3.05, 3.63) is 54.1 Å². The van der Waals surface area contributed by atoms with E-state index in [1.807, 2.05) is 25.1 Å². The fourth-order valence-corrected chi connectivity index (χ4v) is 4.09. The number of hydrogen-bond donors (Lipinski definition) is 2. The Hall–Kier alpha value is -1.61. The van der Waals surface area contributed by atoms with E-state index in [2.05, 4.69) is 26.7 Å². The molecule has 0 radical (unpaired) electrons. The van der Waals surface area contributed by atoms with Gasteiger partial charge >= 0.3 is 69.7 Å². The van der Waals surface area contributed by atoms with Gasteiger partial charge in [0.15, 0.2) is 0 Å². The monoisotopic (exact) mass is 502 g/mol. The van der Waals surface area contributed by atoms with Gasteiger partial charge in [-0.3, -0.25) is 4.98 Å². The molecule has 0 saturated carbocycles. The predicted molar refractivity (Wildman–Crippen MR) is 111 cm³/mol.